The van der Waals surface area contributed by atoms with Gasteiger partial charge >= 0.3 is 0 Å². The minimum absolute atomic E-state index is 0.0934. The normalized spacial score (nSPS) is 24.0. The van der Waals surface area contributed by atoms with E-state index in [9.17, 15) is 0 Å². The lowest BCUT2D eigenvalue weighted by Gasteiger charge is -2.46. The maximum absolute atomic E-state index is 2.66. The highest BCUT2D eigenvalue weighted by Crippen LogP contribution is 2.73. The molecule has 0 radical (unpaired) electrons. The van der Waals surface area contributed by atoms with Crippen LogP contribution in [0.25, 0.3) is 33.4 Å². The van der Waals surface area contributed by atoms with Crippen LogP contribution in [0.3, 0.4) is 0 Å². The van der Waals surface area contributed by atoms with Crippen molar-refractivity contribution in [2.75, 3.05) is 4.90 Å². The first-order valence-electron chi connectivity index (χ1n) is 23.1. The first kappa shape index (κ1) is 35.2. The van der Waals surface area contributed by atoms with Crippen LogP contribution in [-0.2, 0) is 16.2 Å². The molecule has 62 heavy (non-hydrogen) atoms. The van der Waals surface area contributed by atoms with Crippen molar-refractivity contribution in [3.05, 3.63) is 233 Å². The van der Waals surface area contributed by atoms with Crippen LogP contribution < -0.4 is 4.90 Å². The van der Waals surface area contributed by atoms with Gasteiger partial charge in [0, 0.05) is 27.8 Å². The quantitative estimate of drug-likeness (QED) is 0.171. The van der Waals surface area contributed by atoms with Gasteiger partial charge < -0.3 is 4.90 Å². The van der Waals surface area contributed by atoms with Gasteiger partial charge in [-0.25, -0.2) is 0 Å². The van der Waals surface area contributed by atoms with Crippen LogP contribution in [0.5, 0.6) is 0 Å². The standard InChI is InChI=1S/C61H49N/c1-59(2)51-23-11-13-25-53(51)61(54-26-14-12-24-52(54)59)50-22-10-7-20-46(50)48-31-29-43(37-57(48)61)62(58-27-15-8-18-44(58)39-16-4-3-5-17-39)42-28-30-47-45-19-6-9-21-49(45)60(56(47)36-42)41-33-38-32-40(35-41)55(60)34-38/h3-31,36-38,40-41,55H,32-35H2,1-2H3. The van der Waals surface area contributed by atoms with Gasteiger partial charge in [-0.05, 0) is 152 Å². The van der Waals surface area contributed by atoms with E-state index < -0.39 is 5.41 Å². The molecule has 0 aromatic heterocycles. The molecular weight excluding hydrogens is 747 g/mol. The Balaban J connectivity index is 1.05. The highest BCUT2D eigenvalue weighted by molar-refractivity contribution is 5.94. The molecule has 4 saturated carbocycles. The predicted molar refractivity (Wildman–Crippen MR) is 255 cm³/mol. The van der Waals surface area contributed by atoms with Crippen molar-refractivity contribution < 1.29 is 0 Å². The van der Waals surface area contributed by atoms with Gasteiger partial charge in [0.05, 0.1) is 11.1 Å². The van der Waals surface area contributed by atoms with Gasteiger partial charge in [0.15, 0.2) is 0 Å². The number of anilines is 3. The minimum atomic E-state index is -0.471. The second-order valence-electron chi connectivity index (χ2n) is 20.0. The van der Waals surface area contributed by atoms with E-state index in [-0.39, 0.29) is 10.8 Å². The first-order chi connectivity index (χ1) is 30.5. The number of hydrogen-bond donors (Lipinski definition) is 0. The highest BCUT2D eigenvalue weighted by Gasteiger charge is 2.66. The molecule has 0 saturated heterocycles. The number of benzene rings is 8. The van der Waals surface area contributed by atoms with Gasteiger partial charge in [-0.15, -0.1) is 0 Å². The Kier molecular flexibility index (Phi) is 7.01. The van der Waals surface area contributed by atoms with Gasteiger partial charge in [-0.2, -0.15) is 0 Å². The molecule has 2 spiro atoms. The molecule has 0 heterocycles. The van der Waals surface area contributed by atoms with E-state index in [1.54, 1.807) is 11.1 Å². The monoisotopic (exact) mass is 795 g/mol. The van der Waals surface area contributed by atoms with E-state index >= 15 is 0 Å². The van der Waals surface area contributed by atoms with Crippen LogP contribution >= 0.6 is 0 Å². The van der Waals surface area contributed by atoms with Gasteiger partial charge in [0.2, 0.25) is 0 Å². The highest BCUT2D eigenvalue weighted by atomic mass is 15.1. The molecule has 7 aliphatic rings. The summed E-state index contributed by atoms with van der Waals surface area (Å²) in [5, 5.41) is 0. The fourth-order valence-corrected chi connectivity index (χ4v) is 15.0. The molecule has 0 N–H and O–H groups in total. The maximum atomic E-state index is 2.66. The van der Waals surface area contributed by atoms with Gasteiger partial charge in [-0.1, -0.05) is 172 Å². The third-order valence-electron chi connectivity index (χ3n) is 17.1. The number of para-hydroxylation sites is 1. The molecule has 1 heteroatoms. The van der Waals surface area contributed by atoms with Crippen LogP contribution in [-0.4, -0.2) is 0 Å². The van der Waals surface area contributed by atoms with Crippen LogP contribution in [0.1, 0.15) is 84.0 Å². The van der Waals surface area contributed by atoms with Crippen LogP contribution in [0.15, 0.2) is 188 Å². The van der Waals surface area contributed by atoms with Crippen molar-refractivity contribution in [3.63, 3.8) is 0 Å². The first-order valence-corrected chi connectivity index (χ1v) is 23.1. The fraction of sp³-hybridized carbons (Fsp3) is 0.213. The van der Waals surface area contributed by atoms with Crippen molar-refractivity contribution in [3.8, 4) is 33.4 Å². The molecule has 1 nitrogen and oxygen atoms in total. The van der Waals surface area contributed by atoms with Crippen molar-refractivity contribution >= 4 is 17.1 Å². The molecule has 4 bridgehead atoms. The minimum Gasteiger partial charge on any atom is -0.310 e. The van der Waals surface area contributed by atoms with Crippen LogP contribution in [0.4, 0.5) is 17.1 Å². The molecule has 0 aliphatic heterocycles. The molecule has 8 aromatic rings. The SMILES string of the molecule is CC1(C)c2ccccc2C2(c3ccccc3-c3ccc(N(c4ccc5c(c4)C4(c6ccccc6-5)C5CC6CC(C5)C4C6)c4ccccc4-c4ccccc4)cc32)c2ccccc21. The maximum Gasteiger partial charge on any atom is 0.0720 e. The molecule has 8 aromatic carbocycles. The Morgan fingerprint density at radius 2 is 0.919 bits per heavy atom. The molecule has 0 amide bonds. The van der Waals surface area contributed by atoms with Gasteiger partial charge in [0.1, 0.15) is 0 Å². The van der Waals surface area contributed by atoms with E-state index in [0.717, 1.165) is 17.8 Å². The average Bonchev–Trinajstić information content (AvgIpc) is 3.96. The lowest BCUT2D eigenvalue weighted by atomic mass is 9.55. The van der Waals surface area contributed by atoms with Crippen molar-refractivity contribution in [2.45, 2.75) is 55.8 Å². The van der Waals surface area contributed by atoms with Crippen LogP contribution in [0.2, 0.25) is 0 Å². The Hall–Kier alpha value is -6.44. The van der Waals surface area contributed by atoms with Crippen LogP contribution in [0, 0.1) is 23.7 Å². The average molecular weight is 796 g/mol. The smallest absolute Gasteiger partial charge is 0.0720 e. The van der Waals surface area contributed by atoms with Crippen molar-refractivity contribution in [2.24, 2.45) is 23.7 Å². The Morgan fingerprint density at radius 1 is 0.403 bits per heavy atom. The lowest BCUT2D eigenvalue weighted by Crippen LogP contribution is -2.40. The number of nitrogens with zero attached hydrogens (tertiary/aromatic N) is 1. The topological polar surface area (TPSA) is 3.24 Å². The Morgan fingerprint density at radius 3 is 1.60 bits per heavy atom. The second kappa shape index (κ2) is 12.4. The second-order valence-corrected chi connectivity index (χ2v) is 20.0. The summed E-state index contributed by atoms with van der Waals surface area (Å²) in [6.45, 7) is 4.83. The Bertz CT molecular complexity index is 3120. The molecule has 15 rings (SSSR count). The summed E-state index contributed by atoms with van der Waals surface area (Å²) in [4.78, 5) is 2.62. The predicted octanol–water partition coefficient (Wildman–Crippen LogP) is 15.2. The van der Waals surface area contributed by atoms with Gasteiger partial charge in [-0.3, -0.25) is 0 Å². The van der Waals surface area contributed by atoms with E-state index in [4.69, 9.17) is 0 Å². The summed E-state index contributed by atoms with van der Waals surface area (Å²) >= 11 is 0. The summed E-state index contributed by atoms with van der Waals surface area (Å²) in [6.07, 6.45) is 5.57. The zero-order chi connectivity index (χ0) is 41.0. The summed E-state index contributed by atoms with van der Waals surface area (Å²) in [7, 11) is 0. The van der Waals surface area contributed by atoms with E-state index in [1.807, 2.05) is 0 Å². The fourth-order valence-electron chi connectivity index (χ4n) is 15.0. The third-order valence-corrected chi connectivity index (χ3v) is 17.1. The summed E-state index contributed by atoms with van der Waals surface area (Å²) in [5.74, 6) is 3.19. The number of hydrogen-bond acceptors (Lipinski definition) is 1. The van der Waals surface area contributed by atoms with E-state index in [2.05, 4.69) is 207 Å². The molecule has 4 fully saturated rings. The van der Waals surface area contributed by atoms with E-state index in [0.29, 0.717) is 5.92 Å². The zero-order valence-electron chi connectivity index (χ0n) is 35.5. The Labute approximate surface area is 365 Å². The molecule has 5 atom stereocenters. The largest absolute Gasteiger partial charge is 0.310 e. The molecule has 5 unspecified atom stereocenters. The lowest BCUT2D eigenvalue weighted by molar-refractivity contribution is 0.191. The number of rotatable bonds is 4. The summed E-state index contributed by atoms with van der Waals surface area (Å²) in [6, 6.07) is 72.5. The summed E-state index contributed by atoms with van der Waals surface area (Å²) < 4.78 is 0. The third kappa shape index (κ3) is 4.25. The van der Waals surface area contributed by atoms with Gasteiger partial charge in [0.25, 0.3) is 0 Å². The molecular formula is C61H49N. The zero-order valence-corrected chi connectivity index (χ0v) is 35.5. The summed E-state index contributed by atoms with van der Waals surface area (Å²) in [5.41, 5.74) is 22.7. The van der Waals surface area contributed by atoms with Crippen molar-refractivity contribution in [1.29, 1.82) is 0 Å². The van der Waals surface area contributed by atoms with E-state index in [1.165, 1.54) is 110 Å². The van der Waals surface area contributed by atoms with Crippen molar-refractivity contribution in [1.82, 2.24) is 0 Å². The number of fused-ring (bicyclic) bond motifs is 12. The molecule has 7 aliphatic carbocycles. The molecule has 298 valence electrons.